The number of carbonyl (C=O) groups is 2. The Bertz CT molecular complexity index is 884. The number of rotatable bonds is 3. The smallest absolute Gasteiger partial charge is 0.475 e. The van der Waals surface area contributed by atoms with Gasteiger partial charge in [-0.25, -0.2) is 4.79 Å². The zero-order chi connectivity index (χ0) is 21.9. The van der Waals surface area contributed by atoms with Crippen molar-refractivity contribution in [1.82, 2.24) is 14.7 Å². The first-order valence-corrected chi connectivity index (χ1v) is 10.4. The second kappa shape index (κ2) is 8.76. The van der Waals surface area contributed by atoms with E-state index in [1.807, 2.05) is 18.1 Å². The van der Waals surface area contributed by atoms with E-state index in [2.05, 4.69) is 26.8 Å². The molecular weight excluding hydrogens is 421 g/mol. The Morgan fingerprint density at radius 2 is 2.07 bits per heavy atom. The Hall–Kier alpha value is -2.40. The highest BCUT2D eigenvalue weighted by atomic mass is 32.1. The topological polar surface area (TPSA) is 78.7 Å². The number of carboxylic acid groups (broad SMARTS) is 1. The largest absolute Gasteiger partial charge is 0.490 e. The lowest BCUT2D eigenvalue weighted by molar-refractivity contribution is -0.192. The highest BCUT2D eigenvalue weighted by Gasteiger charge is 2.49. The maximum atomic E-state index is 13.1. The second-order valence-electron chi connectivity index (χ2n) is 7.61. The van der Waals surface area contributed by atoms with Crippen LogP contribution in [-0.2, 0) is 23.2 Å². The van der Waals surface area contributed by atoms with Crippen molar-refractivity contribution < 1.29 is 27.9 Å². The molecule has 1 unspecified atom stereocenters. The fourth-order valence-corrected chi connectivity index (χ4v) is 4.66. The Kier molecular flexibility index (Phi) is 6.51. The third-order valence-electron chi connectivity index (χ3n) is 5.40. The van der Waals surface area contributed by atoms with Gasteiger partial charge in [-0.2, -0.15) is 29.6 Å². The van der Waals surface area contributed by atoms with Gasteiger partial charge in [0.1, 0.15) is 0 Å². The number of carbonyl (C=O) groups excluding carboxylic acids is 1. The Morgan fingerprint density at radius 3 is 2.63 bits per heavy atom. The molecule has 2 aromatic rings. The summed E-state index contributed by atoms with van der Waals surface area (Å²) in [5.41, 5.74) is 2.11. The summed E-state index contributed by atoms with van der Waals surface area (Å²) in [6.07, 6.45) is 1.73. The minimum atomic E-state index is -5.08. The number of nitrogens with zero attached hydrogens (tertiary/aromatic N) is 4. The van der Waals surface area contributed by atoms with Crippen molar-refractivity contribution in [3.63, 3.8) is 0 Å². The highest BCUT2D eigenvalue weighted by Crippen LogP contribution is 2.42. The molecule has 0 bridgehead atoms. The van der Waals surface area contributed by atoms with Crippen LogP contribution in [0, 0.1) is 5.41 Å². The molecule has 2 fully saturated rings. The molecule has 2 aliphatic rings. The number of thiophene rings is 1. The fourth-order valence-electron chi connectivity index (χ4n) is 4.00. The maximum Gasteiger partial charge on any atom is 0.490 e. The van der Waals surface area contributed by atoms with Gasteiger partial charge >= 0.3 is 12.1 Å². The van der Waals surface area contributed by atoms with Crippen molar-refractivity contribution in [2.24, 2.45) is 12.5 Å². The predicted octanol–water partition coefficient (Wildman–Crippen LogP) is 3.13. The number of amides is 1. The lowest BCUT2D eigenvalue weighted by Gasteiger charge is -2.38. The van der Waals surface area contributed by atoms with E-state index in [0.29, 0.717) is 5.91 Å². The summed E-state index contributed by atoms with van der Waals surface area (Å²) in [6, 6.07) is 2.18. The van der Waals surface area contributed by atoms with Crippen molar-refractivity contribution in [3.8, 4) is 0 Å². The van der Waals surface area contributed by atoms with Gasteiger partial charge in [-0.15, -0.1) is 0 Å². The van der Waals surface area contributed by atoms with Crippen molar-refractivity contribution in [2.75, 3.05) is 24.5 Å². The third kappa shape index (κ3) is 5.01. The minimum absolute atomic E-state index is 0.190. The van der Waals surface area contributed by atoms with E-state index in [4.69, 9.17) is 9.90 Å². The van der Waals surface area contributed by atoms with Gasteiger partial charge in [0.2, 0.25) is 5.91 Å². The van der Waals surface area contributed by atoms with Crippen LogP contribution in [0.1, 0.15) is 24.8 Å². The third-order valence-corrected chi connectivity index (χ3v) is 6.13. The summed E-state index contributed by atoms with van der Waals surface area (Å²) >= 11 is 1.74. The normalized spacial score (nSPS) is 22.3. The molecule has 2 aromatic heterocycles. The van der Waals surface area contributed by atoms with Gasteiger partial charge in [-0.1, -0.05) is 0 Å². The zero-order valence-electron chi connectivity index (χ0n) is 16.4. The molecule has 4 rings (SSSR count). The molecule has 1 amide bonds. The van der Waals surface area contributed by atoms with Gasteiger partial charge in [-0.3, -0.25) is 14.4 Å². The molecule has 2 aliphatic heterocycles. The summed E-state index contributed by atoms with van der Waals surface area (Å²) in [4.78, 5) is 26.4. The van der Waals surface area contributed by atoms with Gasteiger partial charge in [0.25, 0.3) is 0 Å². The van der Waals surface area contributed by atoms with Gasteiger partial charge < -0.3 is 10.0 Å². The van der Waals surface area contributed by atoms with E-state index in [9.17, 15) is 18.0 Å². The summed E-state index contributed by atoms with van der Waals surface area (Å²) in [5, 5.41) is 15.7. The van der Waals surface area contributed by atoms with Gasteiger partial charge in [-0.05, 0) is 48.2 Å². The lowest BCUT2D eigenvalue weighted by atomic mass is 9.78. The van der Waals surface area contributed by atoms with E-state index in [0.717, 1.165) is 51.1 Å². The first-order valence-electron chi connectivity index (χ1n) is 9.45. The Balaban J connectivity index is 0.000000318. The van der Waals surface area contributed by atoms with Crippen LogP contribution in [0.25, 0.3) is 0 Å². The second-order valence-corrected chi connectivity index (χ2v) is 8.39. The number of likely N-dealkylation sites (tertiary alicyclic amines) is 1. The predicted molar refractivity (Wildman–Crippen MR) is 105 cm³/mol. The first kappa shape index (κ1) is 22.3. The van der Waals surface area contributed by atoms with Crippen LogP contribution in [0.3, 0.4) is 0 Å². The maximum absolute atomic E-state index is 13.1. The molecule has 0 saturated carbocycles. The number of aliphatic carboxylic acids is 1. The highest BCUT2D eigenvalue weighted by molar-refractivity contribution is 7.07. The SMILES string of the molecule is Cn1cc(N2CCC3(CCCN(Cc4ccsc4)C3)C2=O)cn1.O=C(O)C(F)(F)F. The number of alkyl halides is 3. The quantitative estimate of drug-likeness (QED) is 0.787. The monoisotopic (exact) mass is 444 g/mol. The molecule has 1 spiro atoms. The van der Waals surface area contributed by atoms with Crippen LogP contribution in [0.5, 0.6) is 0 Å². The molecule has 30 heavy (non-hydrogen) atoms. The van der Waals surface area contributed by atoms with E-state index < -0.39 is 12.1 Å². The summed E-state index contributed by atoms with van der Waals surface area (Å²) in [6.45, 7) is 3.76. The molecule has 1 N–H and O–H groups in total. The zero-order valence-corrected chi connectivity index (χ0v) is 17.2. The molecule has 2 saturated heterocycles. The van der Waals surface area contributed by atoms with Crippen LogP contribution >= 0.6 is 11.3 Å². The van der Waals surface area contributed by atoms with Gasteiger partial charge in [0, 0.05) is 32.9 Å². The van der Waals surface area contributed by atoms with E-state index in [-0.39, 0.29) is 5.41 Å². The number of carboxylic acids is 1. The number of anilines is 1. The molecule has 0 radical (unpaired) electrons. The number of hydrogen-bond donors (Lipinski definition) is 1. The van der Waals surface area contributed by atoms with E-state index >= 15 is 0 Å². The number of halogens is 3. The molecule has 0 aromatic carbocycles. The summed E-state index contributed by atoms with van der Waals surface area (Å²) in [5.74, 6) is -2.46. The molecule has 0 aliphatic carbocycles. The van der Waals surface area contributed by atoms with Crippen LogP contribution in [0.15, 0.2) is 29.2 Å². The average molecular weight is 444 g/mol. The number of aryl methyl sites for hydroxylation is 1. The van der Waals surface area contributed by atoms with Crippen molar-refractivity contribution in [1.29, 1.82) is 0 Å². The minimum Gasteiger partial charge on any atom is -0.475 e. The van der Waals surface area contributed by atoms with Crippen molar-refractivity contribution >= 4 is 28.9 Å². The van der Waals surface area contributed by atoms with Gasteiger partial charge in [0.15, 0.2) is 0 Å². The first-order chi connectivity index (χ1) is 14.1. The van der Waals surface area contributed by atoms with Crippen LogP contribution in [-0.4, -0.2) is 57.5 Å². The van der Waals surface area contributed by atoms with Crippen LogP contribution in [0.4, 0.5) is 18.9 Å². The molecule has 164 valence electrons. The Morgan fingerprint density at radius 1 is 1.33 bits per heavy atom. The number of aromatic nitrogens is 2. The molecule has 7 nitrogen and oxygen atoms in total. The van der Waals surface area contributed by atoms with Crippen LogP contribution < -0.4 is 4.90 Å². The standard InChI is InChI=1S/C17H22N4OS.C2HF3O2/c1-19-11-15(9-18-19)21-7-5-17(16(21)22)4-2-6-20(13-17)10-14-3-8-23-12-14;3-2(4,5)1(6)7/h3,8-9,11-12H,2,4-7,10,13H2,1H3;(H,6,7). The number of hydrogen-bond acceptors (Lipinski definition) is 5. The molecular formula is C19H23F3N4O3S. The summed E-state index contributed by atoms with van der Waals surface area (Å²) < 4.78 is 33.5. The Labute approximate surface area is 175 Å². The average Bonchev–Trinajstić information content (AvgIpc) is 3.39. The molecule has 11 heteroatoms. The van der Waals surface area contributed by atoms with Crippen LogP contribution in [0.2, 0.25) is 0 Å². The van der Waals surface area contributed by atoms with Gasteiger partial charge in [0.05, 0.1) is 17.3 Å². The van der Waals surface area contributed by atoms with E-state index in [1.165, 1.54) is 5.56 Å². The molecule has 1 atom stereocenters. The van der Waals surface area contributed by atoms with E-state index in [1.54, 1.807) is 22.2 Å². The summed E-state index contributed by atoms with van der Waals surface area (Å²) in [7, 11) is 1.89. The lowest BCUT2D eigenvalue weighted by Crippen LogP contribution is -2.47. The van der Waals surface area contributed by atoms with Crippen molar-refractivity contribution in [3.05, 3.63) is 34.8 Å². The fraction of sp³-hybridized carbons (Fsp3) is 0.526. The number of piperidine rings is 1. The van der Waals surface area contributed by atoms with Crippen molar-refractivity contribution in [2.45, 2.75) is 32.0 Å². The molecule has 4 heterocycles.